The molecule has 1 heterocycles. The molecule has 0 aliphatic rings. The van der Waals surface area contributed by atoms with Gasteiger partial charge in [0.25, 0.3) is 0 Å². The van der Waals surface area contributed by atoms with E-state index in [9.17, 15) is 0 Å². The smallest absolute Gasteiger partial charge is 0.174 e. The predicted octanol–water partition coefficient (Wildman–Crippen LogP) is -0.382. The summed E-state index contributed by atoms with van der Waals surface area (Å²) < 4.78 is 0. The number of rotatable bonds is 4. The third-order valence-corrected chi connectivity index (χ3v) is 1.27. The molecule has 0 atom stereocenters. The van der Waals surface area contributed by atoms with Crippen LogP contribution in [0.4, 0.5) is 0 Å². The first-order chi connectivity index (χ1) is 5.36. The summed E-state index contributed by atoms with van der Waals surface area (Å²) in [5.74, 6) is 0.751. The maximum atomic E-state index is 8.53. The van der Waals surface area contributed by atoms with E-state index in [0.717, 1.165) is 18.7 Å². The summed E-state index contributed by atoms with van der Waals surface area (Å²) in [6.07, 6.45) is 1.87. The van der Waals surface area contributed by atoms with E-state index in [4.69, 9.17) is 5.11 Å². The number of aliphatic hydroxyl groups excluding tert-OH is 1. The highest BCUT2D eigenvalue weighted by Gasteiger charge is 1.99. The fourth-order valence-corrected chi connectivity index (χ4v) is 0.784. The van der Waals surface area contributed by atoms with Crippen LogP contribution in [0.3, 0.4) is 0 Å². The van der Waals surface area contributed by atoms with Gasteiger partial charge in [0.15, 0.2) is 5.82 Å². The van der Waals surface area contributed by atoms with Crippen molar-refractivity contribution in [2.24, 2.45) is 0 Å². The Morgan fingerprint density at radius 2 is 2.36 bits per heavy atom. The van der Waals surface area contributed by atoms with Crippen LogP contribution in [0.15, 0.2) is 0 Å². The van der Waals surface area contributed by atoms with Crippen molar-refractivity contribution >= 4 is 0 Å². The molecular formula is C6H12N4O. The highest BCUT2D eigenvalue weighted by molar-refractivity contribution is 4.75. The normalized spacial score (nSPS) is 10.4. The number of aromatic nitrogens is 4. The summed E-state index contributed by atoms with van der Waals surface area (Å²) >= 11 is 0. The molecule has 0 unspecified atom stereocenters. The lowest BCUT2D eigenvalue weighted by Gasteiger charge is -1.90. The number of nitrogens with zero attached hydrogens (tertiary/aromatic N) is 4. The fraction of sp³-hybridized carbons (Fsp3) is 0.833. The van der Waals surface area contributed by atoms with E-state index >= 15 is 0 Å². The number of aryl methyl sites for hydroxylation is 1. The van der Waals surface area contributed by atoms with E-state index < -0.39 is 0 Å². The SMILES string of the molecule is CCCc1nnn(CCO)n1. The summed E-state index contributed by atoms with van der Waals surface area (Å²) in [5.41, 5.74) is 0. The van der Waals surface area contributed by atoms with E-state index in [2.05, 4.69) is 22.3 Å². The van der Waals surface area contributed by atoms with Crippen LogP contribution in [0.5, 0.6) is 0 Å². The molecule has 0 aliphatic carbocycles. The largest absolute Gasteiger partial charge is 0.394 e. The molecule has 0 radical (unpaired) electrons. The van der Waals surface area contributed by atoms with Crippen LogP contribution >= 0.6 is 0 Å². The molecule has 1 aromatic heterocycles. The van der Waals surface area contributed by atoms with Crippen LogP contribution in [0.25, 0.3) is 0 Å². The minimum Gasteiger partial charge on any atom is -0.394 e. The van der Waals surface area contributed by atoms with Crippen molar-refractivity contribution in [2.75, 3.05) is 6.61 Å². The van der Waals surface area contributed by atoms with Gasteiger partial charge in [0, 0.05) is 6.42 Å². The van der Waals surface area contributed by atoms with Gasteiger partial charge >= 0.3 is 0 Å². The Balaban J connectivity index is 2.51. The lowest BCUT2D eigenvalue weighted by molar-refractivity contribution is 0.259. The van der Waals surface area contributed by atoms with Gasteiger partial charge in [0.2, 0.25) is 0 Å². The molecule has 0 saturated carbocycles. The molecule has 5 nitrogen and oxygen atoms in total. The molecule has 0 fully saturated rings. The Bertz CT molecular complexity index is 190. The molecular weight excluding hydrogens is 144 g/mol. The second-order valence-electron chi connectivity index (χ2n) is 2.28. The van der Waals surface area contributed by atoms with E-state index in [1.165, 1.54) is 4.80 Å². The quantitative estimate of drug-likeness (QED) is 0.645. The molecule has 0 saturated heterocycles. The monoisotopic (exact) mass is 156 g/mol. The second-order valence-corrected chi connectivity index (χ2v) is 2.28. The summed E-state index contributed by atoms with van der Waals surface area (Å²) in [6, 6.07) is 0. The van der Waals surface area contributed by atoms with Crippen molar-refractivity contribution in [1.82, 2.24) is 20.2 Å². The van der Waals surface area contributed by atoms with E-state index in [1.54, 1.807) is 0 Å². The van der Waals surface area contributed by atoms with Crippen molar-refractivity contribution in [1.29, 1.82) is 0 Å². The van der Waals surface area contributed by atoms with Crippen LogP contribution in [-0.2, 0) is 13.0 Å². The number of tetrazole rings is 1. The highest BCUT2D eigenvalue weighted by Crippen LogP contribution is 1.91. The molecule has 0 aliphatic heterocycles. The van der Waals surface area contributed by atoms with Gasteiger partial charge in [0.1, 0.15) is 0 Å². The molecule has 0 spiro atoms. The average Bonchev–Trinajstić information content (AvgIpc) is 2.38. The first-order valence-corrected chi connectivity index (χ1v) is 3.74. The number of hydrogen-bond donors (Lipinski definition) is 1. The molecule has 1 N–H and O–H groups in total. The summed E-state index contributed by atoms with van der Waals surface area (Å²) in [6.45, 7) is 2.55. The molecule has 5 heteroatoms. The average molecular weight is 156 g/mol. The minimum atomic E-state index is 0.0575. The van der Waals surface area contributed by atoms with Gasteiger partial charge in [-0.3, -0.25) is 0 Å². The van der Waals surface area contributed by atoms with Crippen LogP contribution in [0, 0.1) is 0 Å². The van der Waals surface area contributed by atoms with Crippen molar-refractivity contribution in [3.8, 4) is 0 Å². The van der Waals surface area contributed by atoms with E-state index in [0.29, 0.717) is 6.54 Å². The zero-order chi connectivity index (χ0) is 8.10. The van der Waals surface area contributed by atoms with Crippen molar-refractivity contribution in [2.45, 2.75) is 26.3 Å². The van der Waals surface area contributed by atoms with Gasteiger partial charge in [0.05, 0.1) is 13.2 Å². The zero-order valence-corrected chi connectivity index (χ0v) is 6.56. The van der Waals surface area contributed by atoms with Crippen molar-refractivity contribution in [3.63, 3.8) is 0 Å². The van der Waals surface area contributed by atoms with Crippen LogP contribution < -0.4 is 0 Å². The van der Waals surface area contributed by atoms with Gasteiger partial charge in [-0.25, -0.2) is 0 Å². The zero-order valence-electron chi connectivity index (χ0n) is 6.56. The maximum Gasteiger partial charge on any atom is 0.174 e. The predicted molar refractivity (Wildman–Crippen MR) is 38.9 cm³/mol. The van der Waals surface area contributed by atoms with Gasteiger partial charge < -0.3 is 5.11 Å². The molecule has 1 aromatic rings. The molecule has 0 aromatic carbocycles. The van der Waals surface area contributed by atoms with Crippen molar-refractivity contribution < 1.29 is 5.11 Å². The van der Waals surface area contributed by atoms with Crippen molar-refractivity contribution in [3.05, 3.63) is 5.82 Å². The summed E-state index contributed by atoms with van der Waals surface area (Å²) in [7, 11) is 0. The second kappa shape index (κ2) is 4.02. The van der Waals surface area contributed by atoms with Crippen LogP contribution in [0.2, 0.25) is 0 Å². The van der Waals surface area contributed by atoms with Gasteiger partial charge in [-0.15, -0.1) is 10.2 Å². The fourth-order valence-electron chi connectivity index (χ4n) is 0.784. The Kier molecular flexibility index (Phi) is 2.97. The minimum absolute atomic E-state index is 0.0575. The first-order valence-electron chi connectivity index (χ1n) is 3.74. The molecule has 1 rings (SSSR count). The lowest BCUT2D eigenvalue weighted by Crippen LogP contribution is -2.05. The van der Waals surface area contributed by atoms with Gasteiger partial charge in [-0.1, -0.05) is 6.92 Å². The Morgan fingerprint density at radius 1 is 1.55 bits per heavy atom. The standard InChI is InChI=1S/C6H12N4O/c1-2-3-6-7-9-10(8-6)4-5-11/h11H,2-5H2,1H3. The topological polar surface area (TPSA) is 63.8 Å². The van der Waals surface area contributed by atoms with Crippen LogP contribution in [-0.4, -0.2) is 31.9 Å². The van der Waals surface area contributed by atoms with Crippen LogP contribution in [0.1, 0.15) is 19.2 Å². The third kappa shape index (κ3) is 2.27. The van der Waals surface area contributed by atoms with Gasteiger partial charge in [-0.2, -0.15) is 4.80 Å². The molecule has 11 heavy (non-hydrogen) atoms. The molecule has 62 valence electrons. The Labute approximate surface area is 65.0 Å². The summed E-state index contributed by atoms with van der Waals surface area (Å²) in [4.78, 5) is 1.41. The molecule has 0 bridgehead atoms. The van der Waals surface area contributed by atoms with Gasteiger partial charge in [-0.05, 0) is 11.6 Å². The summed E-state index contributed by atoms with van der Waals surface area (Å²) in [5, 5.41) is 20.1. The number of hydrogen-bond acceptors (Lipinski definition) is 4. The Morgan fingerprint density at radius 3 is 3.00 bits per heavy atom. The Hall–Kier alpha value is -0.970. The lowest BCUT2D eigenvalue weighted by atomic mass is 10.3. The molecule has 0 amide bonds. The maximum absolute atomic E-state index is 8.53. The highest BCUT2D eigenvalue weighted by atomic mass is 16.3. The third-order valence-electron chi connectivity index (χ3n) is 1.27. The van der Waals surface area contributed by atoms with E-state index in [1.807, 2.05) is 0 Å². The first kappa shape index (κ1) is 8.13. The van der Waals surface area contributed by atoms with E-state index in [-0.39, 0.29) is 6.61 Å². The number of aliphatic hydroxyl groups is 1.